The molecule has 0 amide bonds. The van der Waals surface area contributed by atoms with E-state index in [9.17, 15) is 0 Å². The molecule has 15 heavy (non-hydrogen) atoms. The Kier molecular flexibility index (Phi) is 5.33. The lowest BCUT2D eigenvalue weighted by Crippen LogP contribution is -2.01. The first kappa shape index (κ1) is 13.2. The lowest BCUT2D eigenvalue weighted by Gasteiger charge is -2.09. The zero-order chi connectivity index (χ0) is 11.4. The van der Waals surface area contributed by atoms with Crippen molar-refractivity contribution in [3.63, 3.8) is 0 Å². The van der Waals surface area contributed by atoms with Crippen LogP contribution in [0.3, 0.4) is 0 Å². The molecular formula is C10H9BrCl2OS. The van der Waals surface area contributed by atoms with Gasteiger partial charge in [-0.05, 0) is 27.6 Å². The fourth-order valence-electron chi connectivity index (χ4n) is 0.840. The van der Waals surface area contributed by atoms with Crippen molar-refractivity contribution >= 4 is 51.8 Å². The Morgan fingerprint density at radius 1 is 1.40 bits per heavy atom. The van der Waals surface area contributed by atoms with Crippen molar-refractivity contribution in [3.05, 3.63) is 38.8 Å². The van der Waals surface area contributed by atoms with Crippen LogP contribution in [0.5, 0.6) is 5.75 Å². The number of halogens is 3. The fraction of sp³-hybridized carbons (Fsp3) is 0.200. The van der Waals surface area contributed by atoms with Gasteiger partial charge in [0.1, 0.15) is 12.4 Å². The van der Waals surface area contributed by atoms with Gasteiger partial charge in [-0.1, -0.05) is 29.8 Å². The Morgan fingerprint density at radius 2 is 2.07 bits per heavy atom. The summed E-state index contributed by atoms with van der Waals surface area (Å²) < 4.78 is 6.18. The van der Waals surface area contributed by atoms with Crippen molar-refractivity contribution in [2.45, 2.75) is 0 Å². The third-order valence-electron chi connectivity index (χ3n) is 1.63. The van der Waals surface area contributed by atoms with Crippen LogP contribution in [0, 0.1) is 0 Å². The quantitative estimate of drug-likeness (QED) is 0.482. The Labute approximate surface area is 113 Å². The van der Waals surface area contributed by atoms with Gasteiger partial charge >= 0.3 is 0 Å². The van der Waals surface area contributed by atoms with Crippen LogP contribution in [-0.4, -0.2) is 12.4 Å². The van der Waals surface area contributed by atoms with Gasteiger partial charge in [0.2, 0.25) is 0 Å². The van der Waals surface area contributed by atoms with Gasteiger partial charge in [-0.2, -0.15) is 12.6 Å². The van der Waals surface area contributed by atoms with Crippen LogP contribution in [0.15, 0.2) is 28.8 Å². The molecule has 5 heteroatoms. The molecule has 0 heterocycles. The number of thiol groups is 1. The van der Waals surface area contributed by atoms with Crippen LogP contribution < -0.4 is 4.74 Å². The predicted octanol–water partition coefficient (Wildman–Crippen LogP) is 4.62. The molecule has 0 aliphatic rings. The van der Waals surface area contributed by atoms with E-state index in [1.54, 1.807) is 12.1 Å². The number of rotatable bonds is 4. The predicted molar refractivity (Wildman–Crippen MR) is 72.7 cm³/mol. The maximum absolute atomic E-state index is 5.97. The second-order valence-electron chi connectivity index (χ2n) is 2.89. The molecule has 82 valence electrons. The Hall–Kier alpha value is 0.170. The van der Waals surface area contributed by atoms with Gasteiger partial charge in [0.25, 0.3) is 0 Å². The molecule has 0 saturated heterocycles. The van der Waals surface area contributed by atoms with Gasteiger partial charge in [-0.3, -0.25) is 0 Å². The van der Waals surface area contributed by atoms with E-state index in [2.05, 4.69) is 35.1 Å². The van der Waals surface area contributed by atoms with Gasteiger partial charge in [0.15, 0.2) is 0 Å². The number of ether oxygens (including phenoxy) is 1. The maximum atomic E-state index is 5.97. The Balaban J connectivity index is 2.77. The first-order valence-electron chi connectivity index (χ1n) is 4.09. The van der Waals surface area contributed by atoms with E-state index in [0.717, 1.165) is 10.0 Å². The fourth-order valence-corrected chi connectivity index (χ4v) is 1.78. The summed E-state index contributed by atoms with van der Waals surface area (Å²) in [6, 6.07) is 3.36. The highest BCUT2D eigenvalue weighted by Crippen LogP contribution is 2.34. The van der Waals surface area contributed by atoms with Gasteiger partial charge < -0.3 is 4.74 Å². The molecular weight excluding hydrogens is 319 g/mol. The van der Waals surface area contributed by atoms with Gasteiger partial charge in [0, 0.05) is 16.3 Å². The number of hydrogen-bond acceptors (Lipinski definition) is 2. The van der Waals surface area contributed by atoms with Crippen molar-refractivity contribution < 1.29 is 4.74 Å². The summed E-state index contributed by atoms with van der Waals surface area (Å²) in [6.45, 7) is 4.16. The van der Waals surface area contributed by atoms with Gasteiger partial charge in [0.05, 0.1) is 10.0 Å². The number of benzene rings is 1. The van der Waals surface area contributed by atoms with Crippen molar-refractivity contribution in [3.8, 4) is 5.75 Å². The topological polar surface area (TPSA) is 9.23 Å². The molecule has 0 atom stereocenters. The summed E-state index contributed by atoms with van der Waals surface area (Å²) in [7, 11) is 0. The second kappa shape index (κ2) is 6.04. The summed E-state index contributed by atoms with van der Waals surface area (Å²) >= 11 is 19.2. The van der Waals surface area contributed by atoms with E-state index in [4.69, 9.17) is 27.9 Å². The highest BCUT2D eigenvalue weighted by atomic mass is 79.9. The lowest BCUT2D eigenvalue weighted by atomic mass is 10.3. The summed E-state index contributed by atoms with van der Waals surface area (Å²) in [4.78, 5) is 0. The standard InChI is InChI=1S/C10H9BrCl2OS/c1-6(5-15)4-14-10-3-8(12)7(11)2-9(10)13/h2-3,15H,1,4-5H2. The zero-order valence-corrected chi connectivity index (χ0v) is 11.8. The van der Waals surface area contributed by atoms with Crippen molar-refractivity contribution in [2.75, 3.05) is 12.4 Å². The van der Waals surface area contributed by atoms with Crippen LogP contribution >= 0.6 is 51.8 Å². The average Bonchev–Trinajstić information content (AvgIpc) is 2.21. The van der Waals surface area contributed by atoms with Crippen LogP contribution in [-0.2, 0) is 0 Å². The van der Waals surface area contributed by atoms with Gasteiger partial charge in [-0.15, -0.1) is 0 Å². The molecule has 0 unspecified atom stereocenters. The minimum absolute atomic E-state index is 0.390. The Bertz CT molecular complexity index is 382. The molecule has 0 saturated carbocycles. The normalized spacial score (nSPS) is 10.1. The van der Waals surface area contributed by atoms with Crippen LogP contribution in [0.25, 0.3) is 0 Å². The molecule has 0 fully saturated rings. The smallest absolute Gasteiger partial charge is 0.139 e. The highest BCUT2D eigenvalue weighted by Gasteiger charge is 2.06. The summed E-state index contributed by atoms with van der Waals surface area (Å²) in [5.74, 6) is 1.13. The van der Waals surface area contributed by atoms with E-state index >= 15 is 0 Å². The van der Waals surface area contributed by atoms with Gasteiger partial charge in [-0.25, -0.2) is 0 Å². The molecule has 1 aromatic rings. The van der Waals surface area contributed by atoms with Crippen molar-refractivity contribution in [1.29, 1.82) is 0 Å². The number of hydrogen-bond donors (Lipinski definition) is 1. The van der Waals surface area contributed by atoms with Crippen molar-refractivity contribution in [2.24, 2.45) is 0 Å². The molecule has 1 nitrogen and oxygen atoms in total. The minimum Gasteiger partial charge on any atom is -0.488 e. The molecule has 0 aliphatic heterocycles. The maximum Gasteiger partial charge on any atom is 0.139 e. The Morgan fingerprint density at radius 3 is 2.67 bits per heavy atom. The SMILES string of the molecule is C=C(CS)COc1cc(Cl)c(Br)cc1Cl. The molecule has 0 N–H and O–H groups in total. The monoisotopic (exact) mass is 326 g/mol. The summed E-state index contributed by atoms with van der Waals surface area (Å²) in [6.07, 6.45) is 0. The van der Waals surface area contributed by atoms with E-state index in [1.165, 1.54) is 0 Å². The molecule has 0 aromatic heterocycles. The van der Waals surface area contributed by atoms with Crippen LogP contribution in [0.2, 0.25) is 10.0 Å². The summed E-state index contributed by atoms with van der Waals surface area (Å²) in [5.41, 5.74) is 0.883. The van der Waals surface area contributed by atoms with E-state index < -0.39 is 0 Å². The average molecular weight is 328 g/mol. The first-order valence-corrected chi connectivity index (χ1v) is 6.27. The first-order chi connectivity index (χ1) is 7.04. The summed E-state index contributed by atoms with van der Waals surface area (Å²) in [5, 5.41) is 1.07. The highest BCUT2D eigenvalue weighted by molar-refractivity contribution is 9.10. The molecule has 0 aliphatic carbocycles. The second-order valence-corrected chi connectivity index (χ2v) is 4.88. The largest absolute Gasteiger partial charge is 0.488 e. The van der Waals surface area contributed by atoms with Crippen LogP contribution in [0.4, 0.5) is 0 Å². The van der Waals surface area contributed by atoms with Crippen LogP contribution in [0.1, 0.15) is 0 Å². The molecule has 0 spiro atoms. The zero-order valence-electron chi connectivity index (χ0n) is 7.77. The minimum atomic E-state index is 0.390. The van der Waals surface area contributed by atoms with Crippen molar-refractivity contribution in [1.82, 2.24) is 0 Å². The lowest BCUT2D eigenvalue weighted by molar-refractivity contribution is 0.353. The van der Waals surface area contributed by atoms with E-state index in [1.807, 2.05) is 0 Å². The molecule has 0 radical (unpaired) electrons. The molecule has 1 rings (SSSR count). The van der Waals surface area contributed by atoms with E-state index in [-0.39, 0.29) is 0 Å². The molecule has 1 aromatic carbocycles. The van der Waals surface area contributed by atoms with E-state index in [0.29, 0.717) is 28.2 Å². The third kappa shape index (κ3) is 3.91. The molecule has 0 bridgehead atoms. The third-order valence-corrected chi connectivity index (χ3v) is 3.57.